The van der Waals surface area contributed by atoms with Crippen LogP contribution in [-0.4, -0.2) is 37.1 Å². The third kappa shape index (κ3) is 3.38. The molecule has 0 spiro atoms. The predicted octanol–water partition coefficient (Wildman–Crippen LogP) is 1.17. The average Bonchev–Trinajstić information content (AvgIpc) is 2.98. The molecular formula is C11H23N3O. The molecule has 0 aromatic heterocycles. The standard InChI is InChI=1S/C11H23N3O/c1-3-14(4-2)10(15)13-9-11(5-6-11)7-8-12/h3-9,12H2,1-2H3,(H,13,15). The zero-order valence-corrected chi connectivity index (χ0v) is 9.88. The Morgan fingerprint density at radius 2 is 2.00 bits per heavy atom. The van der Waals surface area contributed by atoms with Crippen LogP contribution in [-0.2, 0) is 0 Å². The van der Waals surface area contributed by atoms with Crippen LogP contribution < -0.4 is 11.1 Å². The fourth-order valence-electron chi connectivity index (χ4n) is 1.88. The number of carbonyl (C=O) groups excluding carboxylic acids is 1. The molecule has 88 valence electrons. The molecule has 0 aliphatic heterocycles. The van der Waals surface area contributed by atoms with E-state index in [0.29, 0.717) is 5.41 Å². The molecule has 0 radical (unpaired) electrons. The van der Waals surface area contributed by atoms with E-state index in [1.54, 1.807) is 4.90 Å². The molecule has 3 N–H and O–H groups in total. The lowest BCUT2D eigenvalue weighted by Crippen LogP contribution is -2.42. The zero-order chi connectivity index (χ0) is 11.3. The highest BCUT2D eigenvalue weighted by Gasteiger charge is 2.41. The van der Waals surface area contributed by atoms with Crippen molar-refractivity contribution in [2.24, 2.45) is 11.1 Å². The van der Waals surface area contributed by atoms with Crippen LogP contribution in [0.3, 0.4) is 0 Å². The van der Waals surface area contributed by atoms with Gasteiger partial charge in [-0.3, -0.25) is 0 Å². The molecule has 1 aliphatic carbocycles. The van der Waals surface area contributed by atoms with Crippen molar-refractivity contribution in [2.75, 3.05) is 26.2 Å². The van der Waals surface area contributed by atoms with Crippen molar-refractivity contribution in [3.05, 3.63) is 0 Å². The van der Waals surface area contributed by atoms with Crippen LogP contribution in [0.15, 0.2) is 0 Å². The zero-order valence-electron chi connectivity index (χ0n) is 9.88. The monoisotopic (exact) mass is 213 g/mol. The topological polar surface area (TPSA) is 58.4 Å². The van der Waals surface area contributed by atoms with Crippen LogP contribution in [0.4, 0.5) is 4.79 Å². The maximum absolute atomic E-state index is 11.7. The molecule has 1 aliphatic rings. The van der Waals surface area contributed by atoms with Gasteiger partial charge < -0.3 is 16.0 Å². The van der Waals surface area contributed by atoms with Gasteiger partial charge in [0, 0.05) is 19.6 Å². The van der Waals surface area contributed by atoms with Crippen LogP contribution in [0.5, 0.6) is 0 Å². The Morgan fingerprint density at radius 3 is 2.40 bits per heavy atom. The maximum Gasteiger partial charge on any atom is 0.317 e. The second-order valence-corrected chi connectivity index (χ2v) is 4.37. The van der Waals surface area contributed by atoms with Gasteiger partial charge in [0.2, 0.25) is 0 Å². The number of nitrogens with one attached hydrogen (secondary N) is 1. The number of rotatable bonds is 6. The van der Waals surface area contributed by atoms with Gasteiger partial charge in [0.15, 0.2) is 0 Å². The third-order valence-electron chi connectivity index (χ3n) is 3.30. The molecule has 0 heterocycles. The molecule has 0 saturated heterocycles. The number of hydrogen-bond acceptors (Lipinski definition) is 2. The Labute approximate surface area is 92.2 Å². The summed E-state index contributed by atoms with van der Waals surface area (Å²) >= 11 is 0. The quantitative estimate of drug-likeness (QED) is 0.695. The SMILES string of the molecule is CCN(CC)C(=O)NCC1(CCN)CC1. The summed E-state index contributed by atoms with van der Waals surface area (Å²) in [6, 6.07) is 0.0586. The number of urea groups is 1. The number of amides is 2. The lowest BCUT2D eigenvalue weighted by atomic mass is 10.0. The van der Waals surface area contributed by atoms with E-state index in [9.17, 15) is 4.79 Å². The van der Waals surface area contributed by atoms with Crippen LogP contribution in [0.25, 0.3) is 0 Å². The Hall–Kier alpha value is -0.770. The summed E-state index contributed by atoms with van der Waals surface area (Å²) in [6.07, 6.45) is 3.46. The molecule has 0 unspecified atom stereocenters. The molecule has 4 nitrogen and oxygen atoms in total. The van der Waals surface area contributed by atoms with Crippen molar-refractivity contribution in [1.82, 2.24) is 10.2 Å². The van der Waals surface area contributed by atoms with Gasteiger partial charge in [-0.05, 0) is 45.1 Å². The van der Waals surface area contributed by atoms with Crippen molar-refractivity contribution in [1.29, 1.82) is 0 Å². The molecule has 4 heteroatoms. The Bertz CT molecular complexity index is 210. The minimum absolute atomic E-state index is 0.0586. The van der Waals surface area contributed by atoms with E-state index in [-0.39, 0.29) is 6.03 Å². The summed E-state index contributed by atoms with van der Waals surface area (Å²) in [5.74, 6) is 0. The Kier molecular flexibility index (Phi) is 4.39. The largest absolute Gasteiger partial charge is 0.337 e. The van der Waals surface area contributed by atoms with Crippen LogP contribution in [0.2, 0.25) is 0 Å². The number of carbonyl (C=O) groups is 1. The molecule has 1 saturated carbocycles. The van der Waals surface area contributed by atoms with Crippen molar-refractivity contribution in [3.8, 4) is 0 Å². The lowest BCUT2D eigenvalue weighted by molar-refractivity contribution is 0.200. The van der Waals surface area contributed by atoms with Crippen molar-refractivity contribution >= 4 is 6.03 Å². The van der Waals surface area contributed by atoms with Gasteiger partial charge in [-0.25, -0.2) is 4.79 Å². The van der Waals surface area contributed by atoms with Gasteiger partial charge in [-0.1, -0.05) is 0 Å². The average molecular weight is 213 g/mol. The van der Waals surface area contributed by atoms with E-state index < -0.39 is 0 Å². The summed E-state index contributed by atoms with van der Waals surface area (Å²) < 4.78 is 0. The minimum atomic E-state index is 0.0586. The summed E-state index contributed by atoms with van der Waals surface area (Å²) in [5, 5.41) is 3.00. The number of nitrogens with zero attached hydrogens (tertiary/aromatic N) is 1. The summed E-state index contributed by atoms with van der Waals surface area (Å²) in [5.41, 5.74) is 5.88. The molecule has 1 fully saturated rings. The smallest absolute Gasteiger partial charge is 0.317 e. The molecular weight excluding hydrogens is 190 g/mol. The summed E-state index contributed by atoms with van der Waals surface area (Å²) in [6.45, 7) is 7.05. The van der Waals surface area contributed by atoms with Gasteiger partial charge in [0.25, 0.3) is 0 Å². The van der Waals surface area contributed by atoms with E-state index in [4.69, 9.17) is 5.73 Å². The number of hydrogen-bond donors (Lipinski definition) is 2. The van der Waals surface area contributed by atoms with Crippen LogP contribution in [0, 0.1) is 5.41 Å². The van der Waals surface area contributed by atoms with E-state index in [0.717, 1.165) is 32.6 Å². The minimum Gasteiger partial charge on any atom is -0.337 e. The van der Waals surface area contributed by atoms with Crippen LogP contribution in [0.1, 0.15) is 33.1 Å². The van der Waals surface area contributed by atoms with Crippen molar-refractivity contribution in [2.45, 2.75) is 33.1 Å². The highest BCUT2D eigenvalue weighted by molar-refractivity contribution is 5.74. The second kappa shape index (κ2) is 5.35. The highest BCUT2D eigenvalue weighted by atomic mass is 16.2. The van der Waals surface area contributed by atoms with Gasteiger partial charge >= 0.3 is 6.03 Å². The molecule has 1 rings (SSSR count). The van der Waals surface area contributed by atoms with Gasteiger partial charge in [-0.15, -0.1) is 0 Å². The predicted molar refractivity (Wildman–Crippen MR) is 61.7 cm³/mol. The molecule has 2 amide bonds. The molecule has 0 bridgehead atoms. The van der Waals surface area contributed by atoms with Gasteiger partial charge in [0.05, 0.1) is 0 Å². The fraction of sp³-hybridized carbons (Fsp3) is 0.909. The maximum atomic E-state index is 11.7. The summed E-state index contributed by atoms with van der Waals surface area (Å²) in [7, 11) is 0. The first kappa shape index (κ1) is 12.3. The highest BCUT2D eigenvalue weighted by Crippen LogP contribution is 2.47. The van der Waals surface area contributed by atoms with Gasteiger partial charge in [0.1, 0.15) is 0 Å². The lowest BCUT2D eigenvalue weighted by Gasteiger charge is -2.21. The summed E-state index contributed by atoms with van der Waals surface area (Å²) in [4.78, 5) is 13.5. The first-order chi connectivity index (χ1) is 7.17. The van der Waals surface area contributed by atoms with Gasteiger partial charge in [-0.2, -0.15) is 0 Å². The Balaban J connectivity index is 2.27. The molecule has 0 aromatic rings. The molecule has 15 heavy (non-hydrogen) atoms. The third-order valence-corrected chi connectivity index (χ3v) is 3.30. The van der Waals surface area contributed by atoms with E-state index in [2.05, 4.69) is 5.32 Å². The molecule has 0 aromatic carbocycles. The normalized spacial score (nSPS) is 17.3. The van der Waals surface area contributed by atoms with Crippen molar-refractivity contribution in [3.63, 3.8) is 0 Å². The Morgan fingerprint density at radius 1 is 1.40 bits per heavy atom. The number of nitrogens with two attached hydrogens (primary N) is 1. The van der Waals surface area contributed by atoms with Crippen LogP contribution >= 0.6 is 0 Å². The van der Waals surface area contributed by atoms with Crippen molar-refractivity contribution < 1.29 is 4.79 Å². The molecule has 0 atom stereocenters. The van der Waals surface area contributed by atoms with E-state index in [1.165, 1.54) is 12.8 Å². The second-order valence-electron chi connectivity index (χ2n) is 4.37. The first-order valence-corrected chi connectivity index (χ1v) is 5.90. The first-order valence-electron chi connectivity index (χ1n) is 5.90. The van der Waals surface area contributed by atoms with E-state index in [1.807, 2.05) is 13.8 Å². The fourth-order valence-corrected chi connectivity index (χ4v) is 1.88. The van der Waals surface area contributed by atoms with E-state index >= 15 is 0 Å².